The van der Waals surface area contributed by atoms with Gasteiger partial charge in [-0.05, 0) is 32.5 Å². The molecule has 0 amide bonds. The van der Waals surface area contributed by atoms with Gasteiger partial charge < -0.3 is 14.9 Å². The van der Waals surface area contributed by atoms with Gasteiger partial charge in [-0.1, -0.05) is 33.6 Å². The van der Waals surface area contributed by atoms with E-state index in [4.69, 9.17) is 0 Å². The quantitative estimate of drug-likeness (QED) is 0.477. The summed E-state index contributed by atoms with van der Waals surface area (Å²) in [5.41, 5.74) is 0. The van der Waals surface area contributed by atoms with Crippen LogP contribution < -0.4 is 19.9 Å². The molecule has 16 heavy (non-hydrogen) atoms. The highest BCUT2D eigenvalue weighted by Crippen LogP contribution is 2.18. The molecule has 0 aliphatic heterocycles. The second-order valence-electron chi connectivity index (χ2n) is 4.47. The Bertz CT molecular complexity index is 166. The molecule has 0 unspecified atom stereocenters. The highest BCUT2D eigenvalue weighted by atomic mass is 28.4. The number of nitrogens with one attached hydrogen (secondary N) is 4. The molecule has 0 spiro atoms. The summed E-state index contributed by atoms with van der Waals surface area (Å²) in [5, 5.41) is 0. The molecule has 4 nitrogen and oxygen atoms in total. The van der Waals surface area contributed by atoms with Crippen LogP contribution in [0.3, 0.4) is 0 Å². The topological polar surface area (TPSA) is 48.1 Å². The molecule has 0 atom stereocenters. The standard InChI is InChI=1S/C11H28N4Si/c1-4-12-16(13-5-2,14-6-3)15-11-9-7-8-10-11/h11-15H,4-10H2,1-3H3. The summed E-state index contributed by atoms with van der Waals surface area (Å²) >= 11 is 0. The van der Waals surface area contributed by atoms with E-state index >= 15 is 0 Å². The van der Waals surface area contributed by atoms with E-state index in [1.54, 1.807) is 0 Å². The summed E-state index contributed by atoms with van der Waals surface area (Å²) in [6.07, 6.45) is 5.42. The Morgan fingerprint density at radius 1 is 0.875 bits per heavy atom. The van der Waals surface area contributed by atoms with E-state index in [1.807, 2.05) is 0 Å². The van der Waals surface area contributed by atoms with Gasteiger partial charge in [0.05, 0.1) is 0 Å². The van der Waals surface area contributed by atoms with Crippen LogP contribution in [0, 0.1) is 0 Å². The lowest BCUT2D eigenvalue weighted by Gasteiger charge is -2.35. The lowest BCUT2D eigenvalue weighted by Crippen LogP contribution is -2.81. The lowest BCUT2D eigenvalue weighted by molar-refractivity contribution is 0.581. The maximum Gasteiger partial charge on any atom is 0.366 e. The molecule has 0 aromatic heterocycles. The van der Waals surface area contributed by atoms with Crippen LogP contribution in [-0.4, -0.2) is 34.4 Å². The fraction of sp³-hybridized carbons (Fsp3) is 1.00. The predicted octanol–water partition coefficient (Wildman–Crippen LogP) is 0.783. The zero-order valence-electron chi connectivity index (χ0n) is 11.0. The summed E-state index contributed by atoms with van der Waals surface area (Å²) < 4.78 is 0. The predicted molar refractivity (Wildman–Crippen MR) is 72.2 cm³/mol. The summed E-state index contributed by atoms with van der Waals surface area (Å²) in [6.45, 7) is 9.54. The van der Waals surface area contributed by atoms with Gasteiger partial charge in [-0.15, -0.1) is 0 Å². The number of rotatable bonds is 8. The van der Waals surface area contributed by atoms with Crippen LogP contribution in [0.15, 0.2) is 0 Å². The normalized spacial score (nSPS) is 18.2. The molecule has 1 aliphatic carbocycles. The van der Waals surface area contributed by atoms with Crippen molar-refractivity contribution in [3.8, 4) is 0 Å². The monoisotopic (exact) mass is 244 g/mol. The van der Waals surface area contributed by atoms with Crippen LogP contribution in [0.1, 0.15) is 46.5 Å². The van der Waals surface area contributed by atoms with Crippen LogP contribution in [0.2, 0.25) is 0 Å². The van der Waals surface area contributed by atoms with Crippen molar-refractivity contribution in [1.29, 1.82) is 0 Å². The molecular weight excluding hydrogens is 216 g/mol. The molecule has 0 bridgehead atoms. The van der Waals surface area contributed by atoms with Crippen LogP contribution in [0.5, 0.6) is 0 Å². The highest BCUT2D eigenvalue weighted by Gasteiger charge is 2.35. The van der Waals surface area contributed by atoms with Crippen molar-refractivity contribution in [1.82, 2.24) is 19.9 Å². The van der Waals surface area contributed by atoms with E-state index in [1.165, 1.54) is 25.7 Å². The fourth-order valence-corrected chi connectivity index (χ4v) is 5.69. The molecule has 0 aromatic rings. The Morgan fingerprint density at radius 2 is 1.31 bits per heavy atom. The molecule has 0 radical (unpaired) electrons. The first-order valence-electron chi connectivity index (χ1n) is 6.79. The molecule has 4 N–H and O–H groups in total. The third kappa shape index (κ3) is 4.14. The molecule has 0 heterocycles. The summed E-state index contributed by atoms with van der Waals surface area (Å²) in [6, 6.07) is 0.698. The van der Waals surface area contributed by atoms with Gasteiger partial charge in [-0.2, -0.15) is 0 Å². The van der Waals surface area contributed by atoms with Gasteiger partial charge in [0, 0.05) is 6.04 Å². The zero-order chi connectivity index (χ0) is 11.9. The molecule has 5 heteroatoms. The SMILES string of the molecule is CCN[Si](NCC)(NCC)NC1CCCC1. The Balaban J connectivity index is 2.56. The van der Waals surface area contributed by atoms with E-state index in [-0.39, 0.29) is 0 Å². The molecule has 1 rings (SSSR count). The maximum absolute atomic E-state index is 3.84. The average molecular weight is 244 g/mol. The Morgan fingerprint density at radius 3 is 1.69 bits per heavy atom. The minimum atomic E-state index is -1.86. The van der Waals surface area contributed by atoms with Crippen molar-refractivity contribution >= 4 is 8.72 Å². The van der Waals surface area contributed by atoms with Crippen LogP contribution in [0.25, 0.3) is 0 Å². The van der Waals surface area contributed by atoms with Gasteiger partial charge >= 0.3 is 8.72 Å². The summed E-state index contributed by atoms with van der Waals surface area (Å²) in [7, 11) is -1.86. The number of hydrogen-bond donors (Lipinski definition) is 4. The van der Waals surface area contributed by atoms with E-state index in [0.29, 0.717) is 6.04 Å². The average Bonchev–Trinajstić information content (AvgIpc) is 2.71. The largest absolute Gasteiger partial charge is 0.366 e. The first kappa shape index (κ1) is 14.1. The smallest absolute Gasteiger partial charge is 0.301 e. The van der Waals surface area contributed by atoms with Crippen molar-refractivity contribution in [2.75, 3.05) is 19.6 Å². The molecule has 0 aromatic carbocycles. The molecular formula is C11H28N4Si. The van der Waals surface area contributed by atoms with Gasteiger partial charge in [0.1, 0.15) is 0 Å². The van der Waals surface area contributed by atoms with Crippen molar-refractivity contribution in [3.05, 3.63) is 0 Å². The third-order valence-electron chi connectivity index (χ3n) is 3.10. The lowest BCUT2D eigenvalue weighted by atomic mass is 10.3. The van der Waals surface area contributed by atoms with Crippen molar-refractivity contribution in [2.45, 2.75) is 52.5 Å². The first-order chi connectivity index (χ1) is 7.76. The van der Waals surface area contributed by atoms with Crippen molar-refractivity contribution in [3.63, 3.8) is 0 Å². The molecule has 1 saturated carbocycles. The number of hydrogen-bond acceptors (Lipinski definition) is 4. The molecule has 0 saturated heterocycles. The molecule has 1 aliphatic rings. The fourth-order valence-electron chi connectivity index (χ4n) is 2.51. The van der Waals surface area contributed by atoms with Crippen molar-refractivity contribution < 1.29 is 0 Å². The first-order valence-corrected chi connectivity index (χ1v) is 8.79. The van der Waals surface area contributed by atoms with E-state index in [2.05, 4.69) is 40.7 Å². The van der Waals surface area contributed by atoms with E-state index in [0.717, 1.165) is 19.6 Å². The second kappa shape index (κ2) is 7.40. The van der Waals surface area contributed by atoms with Gasteiger partial charge in [0.15, 0.2) is 0 Å². The van der Waals surface area contributed by atoms with Gasteiger partial charge in [0.25, 0.3) is 0 Å². The highest BCUT2D eigenvalue weighted by molar-refractivity contribution is 6.70. The van der Waals surface area contributed by atoms with Crippen molar-refractivity contribution in [2.24, 2.45) is 0 Å². The van der Waals surface area contributed by atoms with Crippen LogP contribution >= 0.6 is 0 Å². The zero-order valence-corrected chi connectivity index (χ0v) is 12.0. The molecule has 96 valence electrons. The van der Waals surface area contributed by atoms with Gasteiger partial charge in [0.2, 0.25) is 0 Å². The minimum absolute atomic E-state index is 0.698. The molecule has 1 fully saturated rings. The maximum atomic E-state index is 3.84. The minimum Gasteiger partial charge on any atom is -0.301 e. The Labute approximate surface area is 101 Å². The summed E-state index contributed by atoms with van der Waals surface area (Å²) in [4.78, 5) is 14.7. The second-order valence-corrected chi connectivity index (χ2v) is 7.32. The van der Waals surface area contributed by atoms with Crippen LogP contribution in [0.4, 0.5) is 0 Å². The van der Waals surface area contributed by atoms with Gasteiger partial charge in [-0.3, -0.25) is 4.98 Å². The Kier molecular flexibility index (Phi) is 6.53. The van der Waals surface area contributed by atoms with E-state index < -0.39 is 8.72 Å². The Hall–Kier alpha value is 0.0569. The van der Waals surface area contributed by atoms with Gasteiger partial charge in [-0.25, -0.2) is 0 Å². The van der Waals surface area contributed by atoms with Crippen LogP contribution in [-0.2, 0) is 0 Å². The van der Waals surface area contributed by atoms with E-state index in [9.17, 15) is 0 Å². The summed E-state index contributed by atoms with van der Waals surface area (Å²) in [5.74, 6) is 0. The third-order valence-corrected chi connectivity index (χ3v) is 6.59.